The standard InChI is InChI=1S/C14H19NO2.C10H12O5S/c1-4-8-15(9-5-1)10-12-11-16-13-6-2-3-7-14(13)17-12;1-16(11,12)14-7-8-6-13-9-4-2-3-5-10(9)15-8/h2-3,6-7,12H,1,4-5,8-11H2;2-5,8H,6-7H2,1H3. The zero-order chi connectivity index (χ0) is 23.1. The maximum Gasteiger partial charge on any atom is 0.264 e. The van der Waals surface area contributed by atoms with E-state index in [4.69, 9.17) is 18.9 Å². The van der Waals surface area contributed by atoms with E-state index in [9.17, 15) is 8.42 Å². The topological polar surface area (TPSA) is 83.5 Å². The summed E-state index contributed by atoms with van der Waals surface area (Å²) in [6.45, 7) is 4.34. The van der Waals surface area contributed by atoms with E-state index >= 15 is 0 Å². The number of nitrogens with zero attached hydrogens (tertiary/aromatic N) is 1. The highest BCUT2D eigenvalue weighted by molar-refractivity contribution is 7.85. The second kappa shape index (κ2) is 11.1. The Balaban J connectivity index is 0.000000157. The van der Waals surface area contributed by atoms with Crippen LogP contribution in [0.2, 0.25) is 0 Å². The second-order valence-electron chi connectivity index (χ2n) is 8.35. The van der Waals surface area contributed by atoms with E-state index in [-0.39, 0.29) is 19.3 Å². The molecule has 2 unspecified atom stereocenters. The number of fused-ring (bicyclic) bond motifs is 2. The van der Waals surface area contributed by atoms with Crippen molar-refractivity contribution in [3.05, 3.63) is 48.5 Å². The fraction of sp³-hybridized carbons (Fsp3) is 0.500. The molecule has 0 amide bonds. The van der Waals surface area contributed by atoms with Gasteiger partial charge in [0.1, 0.15) is 25.9 Å². The lowest BCUT2D eigenvalue weighted by atomic mass is 10.1. The van der Waals surface area contributed by atoms with Crippen LogP contribution in [0.5, 0.6) is 23.0 Å². The average molecular weight is 478 g/mol. The number of rotatable bonds is 5. The van der Waals surface area contributed by atoms with Crippen LogP contribution < -0.4 is 18.9 Å². The minimum absolute atomic E-state index is 0.0346. The van der Waals surface area contributed by atoms with Gasteiger partial charge in [-0.2, -0.15) is 8.42 Å². The van der Waals surface area contributed by atoms with Gasteiger partial charge in [-0.3, -0.25) is 9.08 Å². The van der Waals surface area contributed by atoms with E-state index in [1.54, 1.807) is 12.1 Å². The molecular weight excluding hydrogens is 446 g/mol. The molecule has 2 atom stereocenters. The summed E-state index contributed by atoms with van der Waals surface area (Å²) in [5.41, 5.74) is 0. The van der Waals surface area contributed by atoms with Gasteiger partial charge in [-0.25, -0.2) is 0 Å². The first-order chi connectivity index (χ1) is 16.0. The van der Waals surface area contributed by atoms with Gasteiger partial charge < -0.3 is 18.9 Å². The molecular formula is C24H31NO7S. The molecule has 180 valence electrons. The first-order valence-corrected chi connectivity index (χ1v) is 13.1. The first-order valence-electron chi connectivity index (χ1n) is 11.3. The van der Waals surface area contributed by atoms with Crippen molar-refractivity contribution in [3.63, 3.8) is 0 Å². The molecule has 0 saturated carbocycles. The summed E-state index contributed by atoms with van der Waals surface area (Å²) >= 11 is 0. The molecule has 2 aromatic carbocycles. The summed E-state index contributed by atoms with van der Waals surface area (Å²) < 4.78 is 48.9. The maximum absolute atomic E-state index is 10.8. The number of benzene rings is 2. The van der Waals surface area contributed by atoms with Gasteiger partial charge >= 0.3 is 0 Å². The molecule has 3 heterocycles. The van der Waals surface area contributed by atoms with Gasteiger partial charge in [0, 0.05) is 6.54 Å². The summed E-state index contributed by atoms with van der Waals surface area (Å²) in [6, 6.07) is 15.1. The van der Waals surface area contributed by atoms with Crippen LogP contribution in [0.3, 0.4) is 0 Å². The SMILES string of the molecule is CS(=O)(=O)OCC1COc2ccccc2O1.c1ccc2c(c1)OCC(CN1CCCCC1)O2. The number of ether oxygens (including phenoxy) is 4. The molecule has 3 aliphatic rings. The van der Waals surface area contributed by atoms with E-state index in [1.807, 2.05) is 36.4 Å². The number of piperidine rings is 1. The second-order valence-corrected chi connectivity index (χ2v) is 9.99. The molecule has 3 aliphatic heterocycles. The number of likely N-dealkylation sites (tertiary alicyclic amines) is 1. The van der Waals surface area contributed by atoms with Crippen molar-refractivity contribution in [2.45, 2.75) is 31.5 Å². The zero-order valence-electron chi connectivity index (χ0n) is 18.9. The van der Waals surface area contributed by atoms with Crippen LogP contribution in [-0.4, -0.2) is 71.2 Å². The molecule has 33 heavy (non-hydrogen) atoms. The Hall–Kier alpha value is -2.49. The van der Waals surface area contributed by atoms with Crippen molar-refractivity contribution in [2.24, 2.45) is 0 Å². The maximum atomic E-state index is 10.8. The van der Waals surface area contributed by atoms with Crippen molar-refractivity contribution in [3.8, 4) is 23.0 Å². The van der Waals surface area contributed by atoms with Gasteiger partial charge in [0.15, 0.2) is 29.1 Å². The summed E-state index contributed by atoms with van der Waals surface area (Å²) in [5, 5.41) is 0. The van der Waals surface area contributed by atoms with Crippen LogP contribution in [0.15, 0.2) is 48.5 Å². The smallest absolute Gasteiger partial charge is 0.264 e. The summed E-state index contributed by atoms with van der Waals surface area (Å²) in [7, 11) is -3.44. The number of para-hydroxylation sites is 4. The summed E-state index contributed by atoms with van der Waals surface area (Å²) in [4.78, 5) is 2.49. The molecule has 1 saturated heterocycles. The average Bonchev–Trinajstić information content (AvgIpc) is 2.83. The molecule has 0 N–H and O–H groups in total. The third-order valence-electron chi connectivity index (χ3n) is 5.51. The molecule has 5 rings (SSSR count). The van der Waals surface area contributed by atoms with Gasteiger partial charge in [-0.05, 0) is 50.2 Å². The Labute approximate surface area is 195 Å². The Morgan fingerprint density at radius 1 is 0.818 bits per heavy atom. The third kappa shape index (κ3) is 7.25. The molecule has 0 aromatic heterocycles. The molecule has 0 aliphatic carbocycles. The largest absolute Gasteiger partial charge is 0.486 e. The molecule has 0 radical (unpaired) electrons. The van der Waals surface area contributed by atoms with Crippen LogP contribution in [-0.2, 0) is 14.3 Å². The molecule has 2 aromatic rings. The van der Waals surface area contributed by atoms with Gasteiger partial charge in [-0.15, -0.1) is 0 Å². The van der Waals surface area contributed by atoms with Crippen molar-refractivity contribution in [2.75, 3.05) is 45.7 Å². The lowest BCUT2D eigenvalue weighted by molar-refractivity contribution is 0.0533. The predicted octanol–water partition coefficient (Wildman–Crippen LogP) is 3.11. The van der Waals surface area contributed by atoms with Crippen LogP contribution in [0.25, 0.3) is 0 Å². The van der Waals surface area contributed by atoms with Gasteiger partial charge in [0.05, 0.1) is 6.26 Å². The highest BCUT2D eigenvalue weighted by Gasteiger charge is 2.24. The van der Waals surface area contributed by atoms with Crippen molar-refractivity contribution >= 4 is 10.1 Å². The minimum Gasteiger partial charge on any atom is -0.486 e. The molecule has 9 heteroatoms. The lowest BCUT2D eigenvalue weighted by Gasteiger charge is -2.33. The van der Waals surface area contributed by atoms with Gasteiger partial charge in [0.2, 0.25) is 0 Å². The van der Waals surface area contributed by atoms with E-state index in [0.717, 1.165) is 24.3 Å². The van der Waals surface area contributed by atoms with Gasteiger partial charge in [-0.1, -0.05) is 30.7 Å². The van der Waals surface area contributed by atoms with E-state index in [1.165, 1.54) is 32.4 Å². The Morgan fingerprint density at radius 2 is 1.33 bits per heavy atom. The van der Waals surface area contributed by atoms with E-state index < -0.39 is 16.2 Å². The van der Waals surface area contributed by atoms with E-state index in [2.05, 4.69) is 9.08 Å². The fourth-order valence-corrected chi connectivity index (χ4v) is 4.33. The Bertz CT molecular complexity index is 1010. The first kappa shape index (κ1) is 23.7. The normalized spacial score (nSPS) is 22.1. The molecule has 8 nitrogen and oxygen atoms in total. The molecule has 0 spiro atoms. The van der Waals surface area contributed by atoms with Gasteiger partial charge in [0.25, 0.3) is 10.1 Å². The van der Waals surface area contributed by atoms with Crippen LogP contribution >= 0.6 is 0 Å². The van der Waals surface area contributed by atoms with Crippen LogP contribution in [0.4, 0.5) is 0 Å². The highest BCUT2D eigenvalue weighted by Crippen LogP contribution is 2.32. The quantitative estimate of drug-likeness (QED) is 0.608. The number of hydrogen-bond acceptors (Lipinski definition) is 8. The van der Waals surface area contributed by atoms with E-state index in [0.29, 0.717) is 18.1 Å². The zero-order valence-corrected chi connectivity index (χ0v) is 19.7. The Kier molecular flexibility index (Phi) is 7.95. The predicted molar refractivity (Wildman–Crippen MR) is 124 cm³/mol. The van der Waals surface area contributed by atoms with Crippen molar-refractivity contribution in [1.29, 1.82) is 0 Å². The Morgan fingerprint density at radius 3 is 1.91 bits per heavy atom. The summed E-state index contributed by atoms with van der Waals surface area (Å²) in [6.07, 6.45) is 4.81. The lowest BCUT2D eigenvalue weighted by Crippen LogP contribution is -2.42. The fourth-order valence-electron chi connectivity index (χ4n) is 3.93. The molecule has 0 bridgehead atoms. The summed E-state index contributed by atoms with van der Waals surface area (Å²) in [5.74, 6) is 3.04. The van der Waals surface area contributed by atoms with Crippen molar-refractivity contribution < 1.29 is 31.5 Å². The third-order valence-corrected chi connectivity index (χ3v) is 6.08. The van der Waals surface area contributed by atoms with Crippen LogP contribution in [0, 0.1) is 0 Å². The highest BCUT2D eigenvalue weighted by atomic mass is 32.2. The molecule has 1 fully saturated rings. The van der Waals surface area contributed by atoms with Crippen LogP contribution in [0.1, 0.15) is 19.3 Å². The number of hydrogen-bond donors (Lipinski definition) is 0. The monoisotopic (exact) mass is 477 g/mol. The minimum atomic E-state index is -3.44. The van der Waals surface area contributed by atoms with Crippen molar-refractivity contribution in [1.82, 2.24) is 4.90 Å².